The van der Waals surface area contributed by atoms with E-state index in [1.807, 2.05) is 0 Å². The van der Waals surface area contributed by atoms with Crippen LogP contribution in [0.25, 0.3) is 0 Å². The third-order valence-corrected chi connectivity index (χ3v) is 1.45. The molecule has 0 spiro atoms. The van der Waals surface area contributed by atoms with Crippen molar-refractivity contribution in [1.82, 2.24) is 15.6 Å². The monoisotopic (exact) mass is 321 g/mol. The Morgan fingerprint density at radius 3 is 1.40 bits per heavy atom. The highest BCUT2D eigenvalue weighted by atomic mass is 19.4. The molecular weight excluding hydrogens is 321 g/mol. The molecule has 0 rings (SSSR count). The maximum absolute atomic E-state index is 12.5. The maximum atomic E-state index is 12.5. The first kappa shape index (κ1) is 17.8. The molecule has 0 aliphatic heterocycles. The Morgan fingerprint density at radius 2 is 1.10 bits per heavy atom. The molecule has 20 heavy (non-hydrogen) atoms. The normalized spacial score (nSPS) is 11.8. The van der Waals surface area contributed by atoms with Crippen molar-refractivity contribution in [1.29, 1.82) is 0 Å². The van der Waals surface area contributed by atoms with Gasteiger partial charge in [0.1, 0.15) is 0 Å². The Kier molecular flexibility index (Phi) is 4.81. The first-order chi connectivity index (χ1) is 8.75. The molecule has 116 valence electrons. The lowest BCUT2D eigenvalue weighted by atomic mass is 10.3. The van der Waals surface area contributed by atoms with Crippen LogP contribution in [-0.4, -0.2) is 45.7 Å². The van der Waals surface area contributed by atoms with E-state index in [9.17, 15) is 54.3 Å². The minimum atomic E-state index is -6.65. The first-order valence-electron chi connectivity index (χ1n) is 3.85. The molecule has 0 aromatic heterocycles. The standard InChI is InChI=1S/C5F9N3O3/c6-4(7,5(8,9)10)1(18)15(11)2(19)16(12)3(20)17(13)14. The van der Waals surface area contributed by atoms with Crippen LogP contribution < -0.4 is 0 Å². The van der Waals surface area contributed by atoms with Gasteiger partial charge in [-0.2, -0.15) is 22.0 Å². The second kappa shape index (κ2) is 5.41. The summed E-state index contributed by atoms with van der Waals surface area (Å²) in [6, 6.07) is -6.66. The molecule has 5 amide bonds. The lowest BCUT2D eigenvalue weighted by Crippen LogP contribution is -2.53. The number of halogens is 9. The molecule has 0 aliphatic carbocycles. The van der Waals surface area contributed by atoms with E-state index in [4.69, 9.17) is 0 Å². The van der Waals surface area contributed by atoms with E-state index in [0.29, 0.717) is 0 Å². The number of imide groups is 2. The molecular formula is C5F9N3O3. The van der Waals surface area contributed by atoms with Gasteiger partial charge in [-0.25, -0.2) is 9.59 Å². The minimum Gasteiger partial charge on any atom is -0.264 e. The molecule has 0 aromatic carbocycles. The van der Waals surface area contributed by atoms with Gasteiger partial charge in [0, 0.05) is 5.34 Å². The highest BCUT2D eigenvalue weighted by Gasteiger charge is 2.66. The molecule has 0 saturated heterocycles. The van der Waals surface area contributed by atoms with Crippen molar-refractivity contribution in [3.63, 3.8) is 0 Å². The van der Waals surface area contributed by atoms with E-state index >= 15 is 0 Å². The van der Waals surface area contributed by atoms with Crippen molar-refractivity contribution >= 4 is 18.0 Å². The number of alkyl halides is 5. The molecule has 0 fully saturated rings. The van der Waals surface area contributed by atoms with Gasteiger partial charge >= 0.3 is 30.1 Å². The van der Waals surface area contributed by atoms with Crippen molar-refractivity contribution in [2.75, 3.05) is 0 Å². The van der Waals surface area contributed by atoms with E-state index in [-0.39, 0.29) is 0 Å². The fraction of sp³-hybridized carbons (Fsp3) is 0.400. The van der Waals surface area contributed by atoms with Crippen molar-refractivity contribution in [2.45, 2.75) is 12.1 Å². The van der Waals surface area contributed by atoms with E-state index < -0.39 is 45.7 Å². The van der Waals surface area contributed by atoms with Gasteiger partial charge in [0.25, 0.3) is 0 Å². The molecule has 0 N–H and O–H groups in total. The van der Waals surface area contributed by atoms with Crippen LogP contribution in [0.5, 0.6) is 0 Å². The van der Waals surface area contributed by atoms with Gasteiger partial charge in [-0.05, 0) is 0 Å². The summed E-state index contributed by atoms with van der Waals surface area (Å²) in [6.07, 6.45) is -6.65. The predicted molar refractivity (Wildman–Crippen MR) is 36.7 cm³/mol. The quantitative estimate of drug-likeness (QED) is 0.550. The Hall–Kier alpha value is -2.22. The molecule has 0 saturated carbocycles. The summed E-state index contributed by atoms with van der Waals surface area (Å²) in [5.41, 5.74) is 0. The highest BCUT2D eigenvalue weighted by Crippen LogP contribution is 2.37. The molecule has 0 bridgehead atoms. The minimum absolute atomic E-state index is 2.40. The van der Waals surface area contributed by atoms with Crippen molar-refractivity contribution in [3.05, 3.63) is 0 Å². The first-order valence-corrected chi connectivity index (χ1v) is 3.85. The van der Waals surface area contributed by atoms with Crippen LogP contribution in [0, 0.1) is 0 Å². The van der Waals surface area contributed by atoms with Gasteiger partial charge in [0.2, 0.25) is 0 Å². The average Bonchev–Trinajstić information content (AvgIpc) is 2.32. The summed E-state index contributed by atoms with van der Waals surface area (Å²) >= 11 is 0. The second-order valence-electron chi connectivity index (χ2n) is 2.74. The van der Waals surface area contributed by atoms with E-state index in [0.717, 1.165) is 0 Å². The Bertz CT molecular complexity index is 422. The van der Waals surface area contributed by atoms with Gasteiger partial charge in [0.15, 0.2) is 0 Å². The molecule has 0 radical (unpaired) electrons. The number of hydrogen-bond donors (Lipinski definition) is 0. The fourth-order valence-corrected chi connectivity index (χ4v) is 0.557. The van der Waals surface area contributed by atoms with Crippen LogP contribution in [-0.2, 0) is 4.79 Å². The molecule has 0 unspecified atom stereocenters. The second-order valence-corrected chi connectivity index (χ2v) is 2.74. The highest BCUT2D eigenvalue weighted by molar-refractivity contribution is 6.01. The molecule has 0 atom stereocenters. The van der Waals surface area contributed by atoms with Crippen LogP contribution in [0.2, 0.25) is 0 Å². The van der Waals surface area contributed by atoms with Gasteiger partial charge in [-0.15, -0.1) is 0 Å². The number of carbonyl (C=O) groups is 3. The third-order valence-electron chi connectivity index (χ3n) is 1.45. The zero-order valence-electron chi connectivity index (χ0n) is 8.47. The van der Waals surface area contributed by atoms with E-state index in [2.05, 4.69) is 0 Å². The number of hydrogen-bond acceptors (Lipinski definition) is 3. The molecule has 15 heteroatoms. The zero-order valence-corrected chi connectivity index (χ0v) is 8.47. The summed E-state index contributed by atoms with van der Waals surface area (Å²) in [6.45, 7) is 0. The SMILES string of the molecule is O=C(N(F)F)N(F)C(=O)N(F)C(=O)C(F)(F)C(F)(F)F. The molecule has 0 aromatic rings. The van der Waals surface area contributed by atoms with E-state index in [1.54, 1.807) is 0 Å². The molecule has 6 nitrogen and oxygen atoms in total. The smallest absolute Gasteiger partial charge is 0.264 e. The summed E-state index contributed by atoms with van der Waals surface area (Å²) in [5, 5.41) is -7.74. The summed E-state index contributed by atoms with van der Waals surface area (Å²) < 4.78 is 107. The number of nitrogens with zero attached hydrogens (tertiary/aromatic N) is 3. The lowest BCUT2D eigenvalue weighted by Gasteiger charge is -2.21. The van der Waals surface area contributed by atoms with Gasteiger partial charge in [0.05, 0.1) is 0 Å². The number of amides is 5. The van der Waals surface area contributed by atoms with E-state index in [1.165, 1.54) is 0 Å². The zero-order chi connectivity index (χ0) is 16.5. The predicted octanol–water partition coefficient (Wildman–Crippen LogP) is 2.39. The Labute approximate surface area is 101 Å². The van der Waals surface area contributed by atoms with Gasteiger partial charge < -0.3 is 0 Å². The number of urea groups is 2. The van der Waals surface area contributed by atoms with Crippen molar-refractivity contribution in [2.24, 2.45) is 0 Å². The summed E-state index contributed by atoms with van der Waals surface area (Å²) in [5.74, 6) is -10.4. The molecule has 0 heterocycles. The fourth-order valence-electron chi connectivity index (χ4n) is 0.557. The van der Waals surface area contributed by atoms with Crippen molar-refractivity contribution in [3.8, 4) is 0 Å². The van der Waals surface area contributed by atoms with Crippen molar-refractivity contribution < 1.29 is 54.3 Å². The average molecular weight is 321 g/mol. The number of rotatable bonds is 1. The Balaban J connectivity index is 5.19. The summed E-state index contributed by atoms with van der Waals surface area (Å²) in [7, 11) is 0. The van der Waals surface area contributed by atoms with Crippen LogP contribution >= 0.6 is 0 Å². The van der Waals surface area contributed by atoms with Crippen LogP contribution in [0.4, 0.5) is 49.5 Å². The third kappa shape index (κ3) is 3.21. The van der Waals surface area contributed by atoms with Crippen LogP contribution in [0.1, 0.15) is 0 Å². The maximum Gasteiger partial charge on any atom is 0.463 e. The summed E-state index contributed by atoms with van der Waals surface area (Å²) in [4.78, 5) is 30.8. The van der Waals surface area contributed by atoms with Gasteiger partial charge in [-0.1, -0.05) is 28.2 Å². The largest absolute Gasteiger partial charge is 0.463 e. The topological polar surface area (TPSA) is 60.9 Å². The van der Waals surface area contributed by atoms with Gasteiger partial charge in [-0.3, -0.25) is 4.79 Å². The van der Waals surface area contributed by atoms with Crippen LogP contribution in [0.3, 0.4) is 0 Å². The van der Waals surface area contributed by atoms with Crippen LogP contribution in [0.15, 0.2) is 0 Å². The molecule has 0 aliphatic rings. The lowest BCUT2D eigenvalue weighted by molar-refractivity contribution is -0.277. The Morgan fingerprint density at radius 1 is 0.700 bits per heavy atom. The number of carbonyl (C=O) groups excluding carboxylic acids is 3.